The zero-order chi connectivity index (χ0) is 13.6. The van der Waals surface area contributed by atoms with Gasteiger partial charge in [-0.25, -0.2) is 0 Å². The molecule has 2 aliphatic rings. The van der Waals surface area contributed by atoms with Gasteiger partial charge in [-0.3, -0.25) is 4.79 Å². The Kier molecular flexibility index (Phi) is 3.58. The van der Waals surface area contributed by atoms with Crippen LogP contribution >= 0.6 is 0 Å². The number of hydrogen-bond acceptors (Lipinski definition) is 2. The van der Waals surface area contributed by atoms with Gasteiger partial charge in [0.25, 0.3) is 0 Å². The van der Waals surface area contributed by atoms with Crippen LogP contribution in [0.2, 0.25) is 18.1 Å². The molecule has 0 spiro atoms. The van der Waals surface area contributed by atoms with Crippen LogP contribution in [0.3, 0.4) is 0 Å². The molecule has 2 nitrogen and oxygen atoms in total. The lowest BCUT2D eigenvalue weighted by atomic mass is 10.0. The molecule has 0 bridgehead atoms. The Bertz CT molecular complexity index is 376. The van der Waals surface area contributed by atoms with E-state index in [0.717, 1.165) is 25.9 Å². The van der Waals surface area contributed by atoms with E-state index in [1.165, 1.54) is 5.57 Å². The van der Waals surface area contributed by atoms with E-state index in [9.17, 15) is 4.79 Å². The summed E-state index contributed by atoms with van der Waals surface area (Å²) in [5.41, 5.74) is 1.39. The molecule has 0 N–H and O–H groups in total. The van der Waals surface area contributed by atoms with Crippen LogP contribution in [0.15, 0.2) is 11.6 Å². The fourth-order valence-corrected chi connectivity index (χ4v) is 3.79. The second-order valence-electron chi connectivity index (χ2n) is 7.46. The van der Waals surface area contributed by atoms with Crippen LogP contribution in [0, 0.1) is 11.8 Å². The summed E-state index contributed by atoms with van der Waals surface area (Å²) in [5, 5.41) is 0.288. The maximum absolute atomic E-state index is 11.3. The van der Waals surface area contributed by atoms with Gasteiger partial charge >= 0.3 is 0 Å². The zero-order valence-electron chi connectivity index (χ0n) is 12.4. The third-order valence-corrected chi connectivity index (χ3v) is 9.45. The van der Waals surface area contributed by atoms with Crippen molar-refractivity contribution in [1.82, 2.24) is 0 Å². The summed E-state index contributed by atoms with van der Waals surface area (Å²) in [6.07, 6.45) is 4.89. The van der Waals surface area contributed by atoms with E-state index >= 15 is 0 Å². The van der Waals surface area contributed by atoms with Crippen molar-refractivity contribution in [3.63, 3.8) is 0 Å². The molecule has 2 rings (SSSR count). The van der Waals surface area contributed by atoms with Gasteiger partial charge in [0.1, 0.15) is 0 Å². The fraction of sp³-hybridized carbons (Fsp3) is 0.800. The van der Waals surface area contributed by atoms with E-state index in [2.05, 4.69) is 33.9 Å². The van der Waals surface area contributed by atoms with E-state index in [1.54, 1.807) is 0 Å². The highest BCUT2D eigenvalue weighted by Gasteiger charge is 2.39. The van der Waals surface area contributed by atoms with E-state index in [-0.39, 0.29) is 5.04 Å². The second kappa shape index (κ2) is 4.60. The van der Waals surface area contributed by atoms with Crippen molar-refractivity contribution in [2.45, 2.75) is 58.2 Å². The Balaban J connectivity index is 1.87. The normalized spacial score (nSPS) is 28.5. The average Bonchev–Trinajstić information content (AvgIpc) is 2.69. The van der Waals surface area contributed by atoms with Crippen LogP contribution in [0.4, 0.5) is 0 Å². The summed E-state index contributed by atoms with van der Waals surface area (Å²) in [4.78, 5) is 11.3. The molecule has 1 saturated carbocycles. The summed E-state index contributed by atoms with van der Waals surface area (Å²) in [6, 6.07) is 0. The van der Waals surface area contributed by atoms with Crippen LogP contribution < -0.4 is 0 Å². The number of carbonyl (C=O) groups is 1. The van der Waals surface area contributed by atoms with Crippen LogP contribution in [0.5, 0.6) is 0 Å². The molecule has 0 heterocycles. The van der Waals surface area contributed by atoms with Crippen molar-refractivity contribution in [2.75, 3.05) is 6.61 Å². The van der Waals surface area contributed by atoms with Gasteiger partial charge in [0.05, 0.1) is 0 Å². The first kappa shape index (κ1) is 14.0. The molecule has 102 valence electrons. The molecule has 0 aromatic heterocycles. The standard InChI is InChI=1S/C15H26O2Si/c1-15(2,3)18(4,5)17-10-11-6-12-8-14(16)9-13(12)7-11/h8,11,13H,6-7,9-10H2,1-5H3/t11-,13?/m0/s1. The highest BCUT2D eigenvalue weighted by Crippen LogP contribution is 2.43. The first-order valence-corrected chi connectivity index (χ1v) is 9.97. The smallest absolute Gasteiger partial charge is 0.191 e. The van der Waals surface area contributed by atoms with Crippen molar-refractivity contribution < 1.29 is 9.22 Å². The Morgan fingerprint density at radius 2 is 2.00 bits per heavy atom. The molecule has 1 unspecified atom stereocenters. The minimum absolute atomic E-state index is 0.288. The number of carbonyl (C=O) groups excluding carboxylic acids is 1. The van der Waals surface area contributed by atoms with Crippen LogP contribution in [0.1, 0.15) is 40.0 Å². The second-order valence-corrected chi connectivity index (χ2v) is 12.3. The number of allylic oxidation sites excluding steroid dienone is 2. The topological polar surface area (TPSA) is 26.3 Å². The molecule has 18 heavy (non-hydrogen) atoms. The largest absolute Gasteiger partial charge is 0.417 e. The van der Waals surface area contributed by atoms with E-state index < -0.39 is 8.32 Å². The molecule has 0 aliphatic heterocycles. The van der Waals surface area contributed by atoms with Crippen molar-refractivity contribution >= 4 is 14.1 Å². The highest BCUT2D eigenvalue weighted by atomic mass is 28.4. The third kappa shape index (κ3) is 2.77. The van der Waals surface area contributed by atoms with Crippen molar-refractivity contribution in [3.05, 3.63) is 11.6 Å². The summed E-state index contributed by atoms with van der Waals surface area (Å²) in [5.74, 6) is 1.52. The van der Waals surface area contributed by atoms with E-state index in [1.807, 2.05) is 6.08 Å². The predicted octanol–water partition coefficient (Wildman–Crippen LogP) is 3.93. The first-order valence-electron chi connectivity index (χ1n) is 7.06. The molecule has 2 atom stereocenters. The van der Waals surface area contributed by atoms with Crippen molar-refractivity contribution in [1.29, 1.82) is 0 Å². The Morgan fingerprint density at radius 1 is 1.33 bits per heavy atom. The molecule has 0 saturated heterocycles. The van der Waals surface area contributed by atoms with Gasteiger partial charge in [-0.15, -0.1) is 0 Å². The number of ketones is 1. The number of rotatable bonds is 3. The lowest BCUT2D eigenvalue weighted by molar-refractivity contribution is -0.114. The highest BCUT2D eigenvalue weighted by molar-refractivity contribution is 6.74. The van der Waals surface area contributed by atoms with Gasteiger partial charge in [0.2, 0.25) is 0 Å². The summed E-state index contributed by atoms with van der Waals surface area (Å²) in [6.45, 7) is 12.4. The van der Waals surface area contributed by atoms with Gasteiger partial charge in [0, 0.05) is 13.0 Å². The number of fused-ring (bicyclic) bond motifs is 1. The third-order valence-electron chi connectivity index (χ3n) is 4.95. The summed E-state index contributed by atoms with van der Waals surface area (Å²) in [7, 11) is -1.61. The molecule has 0 aromatic carbocycles. The summed E-state index contributed by atoms with van der Waals surface area (Å²) < 4.78 is 6.30. The van der Waals surface area contributed by atoms with Crippen LogP contribution in [-0.4, -0.2) is 20.7 Å². The van der Waals surface area contributed by atoms with Crippen molar-refractivity contribution in [2.24, 2.45) is 11.8 Å². The molecular formula is C15H26O2Si. The Hall–Kier alpha value is -0.413. The van der Waals surface area contributed by atoms with E-state index in [0.29, 0.717) is 17.6 Å². The summed E-state index contributed by atoms with van der Waals surface area (Å²) >= 11 is 0. The molecule has 1 fully saturated rings. The van der Waals surface area contributed by atoms with E-state index in [4.69, 9.17) is 4.43 Å². The van der Waals surface area contributed by atoms with Crippen LogP contribution in [-0.2, 0) is 9.22 Å². The van der Waals surface area contributed by atoms with Gasteiger partial charge in [-0.1, -0.05) is 26.3 Å². The minimum Gasteiger partial charge on any atom is -0.417 e. The maximum Gasteiger partial charge on any atom is 0.191 e. The molecule has 3 heteroatoms. The minimum atomic E-state index is -1.61. The van der Waals surface area contributed by atoms with Crippen molar-refractivity contribution in [3.8, 4) is 0 Å². The SMILES string of the molecule is CC(C)(C)[Si](C)(C)OC[C@H]1CC2=CC(=O)CC2C1. The first-order chi connectivity index (χ1) is 8.19. The molecule has 0 aromatic rings. The van der Waals surface area contributed by atoms with Gasteiger partial charge in [0.15, 0.2) is 14.1 Å². The lowest BCUT2D eigenvalue weighted by Gasteiger charge is -2.37. The molecule has 2 aliphatic carbocycles. The average molecular weight is 266 g/mol. The zero-order valence-corrected chi connectivity index (χ0v) is 13.4. The lowest BCUT2D eigenvalue weighted by Crippen LogP contribution is -2.41. The number of hydrogen-bond donors (Lipinski definition) is 0. The molecule has 0 radical (unpaired) electrons. The van der Waals surface area contributed by atoms with Gasteiger partial charge < -0.3 is 4.43 Å². The fourth-order valence-electron chi connectivity index (χ4n) is 2.71. The quantitative estimate of drug-likeness (QED) is 0.723. The molecule has 0 amide bonds. The van der Waals surface area contributed by atoms with Gasteiger partial charge in [-0.2, -0.15) is 0 Å². The monoisotopic (exact) mass is 266 g/mol. The van der Waals surface area contributed by atoms with Crippen LogP contribution in [0.25, 0.3) is 0 Å². The molecular weight excluding hydrogens is 240 g/mol. The predicted molar refractivity (Wildman–Crippen MR) is 77.1 cm³/mol. The Morgan fingerprint density at radius 3 is 2.56 bits per heavy atom. The van der Waals surface area contributed by atoms with Gasteiger partial charge in [-0.05, 0) is 48.9 Å². The maximum atomic E-state index is 11.3. The Labute approximate surface area is 112 Å².